The van der Waals surface area contributed by atoms with Gasteiger partial charge in [-0.15, -0.1) is 0 Å². The third kappa shape index (κ3) is 3.03. The number of likely N-dealkylation sites (N-methyl/N-ethyl adjacent to an activating group) is 1. The third-order valence-electron chi connectivity index (χ3n) is 5.34. The van der Waals surface area contributed by atoms with Crippen LogP contribution in [-0.2, 0) is 0 Å². The summed E-state index contributed by atoms with van der Waals surface area (Å²) in [7, 11) is 2.15. The van der Waals surface area contributed by atoms with Crippen molar-refractivity contribution >= 4 is 22.3 Å². The van der Waals surface area contributed by atoms with Gasteiger partial charge in [0, 0.05) is 55.4 Å². The van der Waals surface area contributed by atoms with Crippen LogP contribution in [0, 0.1) is 0 Å². The zero-order valence-electron chi connectivity index (χ0n) is 15.7. The number of imidazole rings is 1. The van der Waals surface area contributed by atoms with Crippen LogP contribution in [0.3, 0.4) is 0 Å². The van der Waals surface area contributed by atoms with Crippen LogP contribution in [0.5, 0.6) is 0 Å². The highest BCUT2D eigenvalue weighted by Crippen LogP contribution is 2.25. The minimum Gasteiger partial charge on any atom is -0.422 e. The second-order valence-electron chi connectivity index (χ2n) is 7.28. The molecule has 142 valence electrons. The molecule has 3 aromatic heterocycles. The van der Waals surface area contributed by atoms with Crippen LogP contribution in [0.1, 0.15) is 6.42 Å². The Morgan fingerprint density at radius 2 is 2.04 bits per heavy atom. The zero-order valence-corrected chi connectivity index (χ0v) is 15.7. The van der Waals surface area contributed by atoms with Gasteiger partial charge in [0.25, 0.3) is 0 Å². The molecule has 7 nitrogen and oxygen atoms in total. The van der Waals surface area contributed by atoms with Crippen LogP contribution < -0.4 is 10.5 Å². The molecule has 0 unspecified atom stereocenters. The molecule has 4 aromatic rings. The predicted molar refractivity (Wildman–Crippen MR) is 109 cm³/mol. The average Bonchev–Trinajstić information content (AvgIpc) is 3.01. The standard InChI is InChI=1S/C21H21N5O2/c1-24-6-2-7-25(10-9-24)16-4-3-15-11-17(21(27)28-19(15)12-16)18-14-26-8-5-22-13-20(26)23-18/h3-5,8,11-14H,2,6-7,9-10H2,1H3. The Balaban J connectivity index is 1.53. The third-order valence-corrected chi connectivity index (χ3v) is 5.34. The lowest BCUT2D eigenvalue weighted by molar-refractivity contribution is 0.360. The van der Waals surface area contributed by atoms with Crippen molar-refractivity contribution in [1.29, 1.82) is 0 Å². The van der Waals surface area contributed by atoms with E-state index in [0.29, 0.717) is 22.5 Å². The van der Waals surface area contributed by atoms with Gasteiger partial charge in [0.1, 0.15) is 5.58 Å². The average molecular weight is 375 g/mol. The molecular weight excluding hydrogens is 354 g/mol. The fraction of sp³-hybridized carbons (Fsp3) is 0.286. The summed E-state index contributed by atoms with van der Waals surface area (Å²) < 4.78 is 7.51. The number of rotatable bonds is 2. The van der Waals surface area contributed by atoms with E-state index in [4.69, 9.17) is 4.42 Å². The van der Waals surface area contributed by atoms with Gasteiger partial charge >= 0.3 is 5.63 Å². The number of aromatic nitrogens is 3. The van der Waals surface area contributed by atoms with E-state index in [-0.39, 0.29) is 5.63 Å². The number of anilines is 1. The first-order valence-corrected chi connectivity index (χ1v) is 9.48. The van der Waals surface area contributed by atoms with Crippen molar-refractivity contribution in [2.45, 2.75) is 6.42 Å². The SMILES string of the molecule is CN1CCCN(c2ccc3cc(-c4cn5ccncc5n4)c(=O)oc3c2)CC1. The highest BCUT2D eigenvalue weighted by molar-refractivity contribution is 5.84. The summed E-state index contributed by atoms with van der Waals surface area (Å²) in [6.45, 7) is 4.12. The highest BCUT2D eigenvalue weighted by atomic mass is 16.4. The molecule has 5 rings (SSSR count). The van der Waals surface area contributed by atoms with Gasteiger partial charge in [-0.1, -0.05) is 0 Å². The first-order chi connectivity index (χ1) is 13.7. The molecule has 0 N–H and O–H groups in total. The van der Waals surface area contributed by atoms with E-state index in [0.717, 1.165) is 43.7 Å². The maximum absolute atomic E-state index is 12.6. The van der Waals surface area contributed by atoms with Gasteiger partial charge in [-0.05, 0) is 38.2 Å². The molecule has 0 amide bonds. The smallest absolute Gasteiger partial charge is 0.345 e. The van der Waals surface area contributed by atoms with E-state index in [1.807, 2.05) is 28.8 Å². The first kappa shape index (κ1) is 16.9. The molecule has 7 heteroatoms. The van der Waals surface area contributed by atoms with E-state index < -0.39 is 0 Å². The quantitative estimate of drug-likeness (QED) is 0.502. The Morgan fingerprint density at radius 3 is 2.93 bits per heavy atom. The van der Waals surface area contributed by atoms with Crippen molar-refractivity contribution in [1.82, 2.24) is 19.3 Å². The van der Waals surface area contributed by atoms with Crippen LogP contribution in [0.25, 0.3) is 27.9 Å². The molecule has 0 bridgehead atoms. The van der Waals surface area contributed by atoms with Crippen LogP contribution in [-0.4, -0.2) is 52.5 Å². The molecule has 1 aliphatic heterocycles. The van der Waals surface area contributed by atoms with Crippen molar-refractivity contribution < 1.29 is 4.42 Å². The van der Waals surface area contributed by atoms with Gasteiger partial charge in [-0.2, -0.15) is 0 Å². The lowest BCUT2D eigenvalue weighted by Gasteiger charge is -2.22. The minimum atomic E-state index is -0.378. The summed E-state index contributed by atoms with van der Waals surface area (Å²) in [5.41, 5.74) is 3.06. The summed E-state index contributed by atoms with van der Waals surface area (Å²) in [5.74, 6) is 0. The lowest BCUT2D eigenvalue weighted by Crippen LogP contribution is -2.28. The molecule has 0 radical (unpaired) electrons. The molecule has 1 fully saturated rings. The summed E-state index contributed by atoms with van der Waals surface area (Å²) >= 11 is 0. The number of fused-ring (bicyclic) bond motifs is 2. The molecule has 1 aromatic carbocycles. The van der Waals surface area contributed by atoms with Crippen molar-refractivity contribution in [3.63, 3.8) is 0 Å². The van der Waals surface area contributed by atoms with Crippen LogP contribution in [0.2, 0.25) is 0 Å². The number of hydrogen-bond acceptors (Lipinski definition) is 6. The fourth-order valence-corrected chi connectivity index (χ4v) is 3.75. The molecule has 0 atom stereocenters. The van der Waals surface area contributed by atoms with Gasteiger partial charge in [-0.3, -0.25) is 4.98 Å². The van der Waals surface area contributed by atoms with Crippen LogP contribution >= 0.6 is 0 Å². The Morgan fingerprint density at radius 1 is 1.11 bits per heavy atom. The Kier molecular flexibility index (Phi) is 4.09. The topological polar surface area (TPSA) is 66.9 Å². The second kappa shape index (κ2) is 6.76. The normalized spacial score (nSPS) is 16.0. The number of benzene rings is 1. The Labute approximate surface area is 161 Å². The first-order valence-electron chi connectivity index (χ1n) is 9.48. The fourth-order valence-electron chi connectivity index (χ4n) is 3.75. The lowest BCUT2D eigenvalue weighted by atomic mass is 10.1. The number of hydrogen-bond donors (Lipinski definition) is 0. The van der Waals surface area contributed by atoms with E-state index in [9.17, 15) is 4.79 Å². The van der Waals surface area contributed by atoms with Gasteiger partial charge in [0.15, 0.2) is 5.65 Å². The molecule has 28 heavy (non-hydrogen) atoms. The second-order valence-corrected chi connectivity index (χ2v) is 7.28. The summed E-state index contributed by atoms with van der Waals surface area (Å²) in [6, 6.07) is 7.95. The molecule has 1 aliphatic rings. The van der Waals surface area contributed by atoms with E-state index in [1.165, 1.54) is 0 Å². The number of nitrogens with zero attached hydrogens (tertiary/aromatic N) is 5. The highest BCUT2D eigenvalue weighted by Gasteiger charge is 2.15. The molecule has 0 aliphatic carbocycles. The summed E-state index contributed by atoms with van der Waals surface area (Å²) in [5, 5.41) is 0.889. The van der Waals surface area contributed by atoms with E-state index >= 15 is 0 Å². The largest absolute Gasteiger partial charge is 0.422 e. The Bertz CT molecular complexity index is 1180. The van der Waals surface area contributed by atoms with Gasteiger partial charge in [0.05, 0.1) is 17.5 Å². The van der Waals surface area contributed by atoms with Crippen molar-refractivity contribution in [3.8, 4) is 11.3 Å². The molecule has 4 heterocycles. The van der Waals surface area contributed by atoms with Gasteiger partial charge in [-0.25, -0.2) is 9.78 Å². The van der Waals surface area contributed by atoms with Gasteiger partial charge < -0.3 is 18.6 Å². The zero-order chi connectivity index (χ0) is 19.1. The van der Waals surface area contributed by atoms with Crippen molar-refractivity contribution in [3.05, 3.63) is 59.5 Å². The molecule has 0 spiro atoms. The molecule has 0 saturated carbocycles. The monoisotopic (exact) mass is 375 g/mol. The molecule has 1 saturated heterocycles. The van der Waals surface area contributed by atoms with Crippen LogP contribution in [0.4, 0.5) is 5.69 Å². The van der Waals surface area contributed by atoms with Crippen LogP contribution in [0.15, 0.2) is 58.3 Å². The van der Waals surface area contributed by atoms with Crippen molar-refractivity contribution in [2.75, 3.05) is 38.1 Å². The van der Waals surface area contributed by atoms with Gasteiger partial charge in [0.2, 0.25) is 0 Å². The summed E-state index contributed by atoms with van der Waals surface area (Å²) in [6.07, 6.45) is 8.09. The maximum atomic E-state index is 12.6. The summed E-state index contributed by atoms with van der Waals surface area (Å²) in [4.78, 5) is 25.9. The Hall–Kier alpha value is -3.19. The minimum absolute atomic E-state index is 0.378. The van der Waals surface area contributed by atoms with E-state index in [1.54, 1.807) is 18.6 Å². The van der Waals surface area contributed by atoms with Crippen molar-refractivity contribution in [2.24, 2.45) is 0 Å². The van der Waals surface area contributed by atoms with E-state index in [2.05, 4.69) is 32.9 Å². The maximum Gasteiger partial charge on any atom is 0.345 e. The molecular formula is C21H21N5O2. The predicted octanol–water partition coefficient (Wildman–Crippen LogP) is 2.64.